The van der Waals surface area contributed by atoms with Gasteiger partial charge >= 0.3 is 0 Å². The molecule has 0 aromatic heterocycles. The molecule has 6 heteroatoms. The maximum Gasteiger partial charge on any atom is 0.165 e. The lowest BCUT2D eigenvalue weighted by Crippen LogP contribution is -2.52. The van der Waals surface area contributed by atoms with Gasteiger partial charge in [-0.2, -0.15) is 0 Å². The first-order valence-corrected chi connectivity index (χ1v) is 10.9. The van der Waals surface area contributed by atoms with E-state index in [1.165, 1.54) is 16.7 Å². The van der Waals surface area contributed by atoms with Gasteiger partial charge in [-0.1, -0.05) is 18.2 Å². The van der Waals surface area contributed by atoms with Crippen LogP contribution in [0.3, 0.4) is 0 Å². The standard InChI is InChI=1S/C25H36N2O4/c1-18-19(2)23(29-3)10-9-20(18)16-27-13-12-26(17-22(27)11-14-28)15-21-7-6-8-24(30-4)25(21)31-5/h6-10,22,28H,11-17H2,1-5H3/t22-/m1/s1. The summed E-state index contributed by atoms with van der Waals surface area (Å²) in [4.78, 5) is 4.95. The highest BCUT2D eigenvalue weighted by Crippen LogP contribution is 2.32. The van der Waals surface area contributed by atoms with Crippen LogP contribution in [0.5, 0.6) is 17.2 Å². The lowest BCUT2D eigenvalue weighted by atomic mass is 10.00. The summed E-state index contributed by atoms with van der Waals surface area (Å²) in [6.07, 6.45) is 0.764. The minimum Gasteiger partial charge on any atom is -0.496 e. The van der Waals surface area contributed by atoms with E-state index in [4.69, 9.17) is 14.2 Å². The van der Waals surface area contributed by atoms with Crippen LogP contribution in [0.2, 0.25) is 0 Å². The summed E-state index contributed by atoms with van der Waals surface area (Å²) in [5.41, 5.74) is 4.93. The molecular weight excluding hydrogens is 392 g/mol. The maximum absolute atomic E-state index is 9.70. The Labute approximate surface area is 186 Å². The highest BCUT2D eigenvalue weighted by molar-refractivity contribution is 5.46. The summed E-state index contributed by atoms with van der Waals surface area (Å²) in [5, 5.41) is 9.70. The van der Waals surface area contributed by atoms with Crippen LogP contribution in [0, 0.1) is 13.8 Å². The zero-order chi connectivity index (χ0) is 22.4. The number of methoxy groups -OCH3 is 3. The van der Waals surface area contributed by atoms with Gasteiger partial charge in [0.15, 0.2) is 11.5 Å². The highest BCUT2D eigenvalue weighted by Gasteiger charge is 2.28. The second-order valence-electron chi connectivity index (χ2n) is 8.20. The first-order chi connectivity index (χ1) is 15.0. The number of piperazine rings is 1. The van der Waals surface area contributed by atoms with Crippen LogP contribution in [-0.2, 0) is 13.1 Å². The molecule has 3 rings (SSSR count). The van der Waals surface area contributed by atoms with E-state index in [1.807, 2.05) is 12.1 Å². The molecule has 0 spiro atoms. The molecule has 1 N–H and O–H groups in total. The number of aliphatic hydroxyl groups is 1. The van der Waals surface area contributed by atoms with Gasteiger partial charge in [-0.25, -0.2) is 0 Å². The van der Waals surface area contributed by atoms with Crippen LogP contribution in [0.25, 0.3) is 0 Å². The van der Waals surface area contributed by atoms with Crippen molar-refractivity contribution < 1.29 is 19.3 Å². The van der Waals surface area contributed by atoms with Gasteiger partial charge in [-0.3, -0.25) is 9.80 Å². The average molecular weight is 429 g/mol. The molecule has 0 saturated carbocycles. The van der Waals surface area contributed by atoms with Crippen molar-refractivity contribution in [2.75, 3.05) is 47.6 Å². The first kappa shape index (κ1) is 23.4. The molecule has 2 aromatic carbocycles. The number of rotatable bonds is 9. The monoisotopic (exact) mass is 428 g/mol. The van der Waals surface area contributed by atoms with Gasteiger partial charge in [-0.15, -0.1) is 0 Å². The summed E-state index contributed by atoms with van der Waals surface area (Å²) in [6.45, 7) is 9.00. The molecular formula is C25H36N2O4. The third kappa shape index (κ3) is 5.32. The molecule has 1 heterocycles. The molecule has 1 saturated heterocycles. The van der Waals surface area contributed by atoms with Crippen molar-refractivity contribution >= 4 is 0 Å². The summed E-state index contributed by atoms with van der Waals surface area (Å²) in [6, 6.07) is 10.6. The summed E-state index contributed by atoms with van der Waals surface area (Å²) in [5.74, 6) is 2.50. The lowest BCUT2D eigenvalue weighted by Gasteiger charge is -2.42. The van der Waals surface area contributed by atoms with Gasteiger partial charge in [-0.05, 0) is 49.1 Å². The molecule has 31 heavy (non-hydrogen) atoms. The van der Waals surface area contributed by atoms with Crippen molar-refractivity contribution in [3.8, 4) is 17.2 Å². The minimum atomic E-state index is 0.193. The van der Waals surface area contributed by atoms with Crippen LogP contribution >= 0.6 is 0 Å². The van der Waals surface area contributed by atoms with E-state index in [-0.39, 0.29) is 6.61 Å². The van der Waals surface area contributed by atoms with Gasteiger partial charge in [0, 0.05) is 50.9 Å². The van der Waals surface area contributed by atoms with Gasteiger partial charge < -0.3 is 19.3 Å². The van der Waals surface area contributed by atoms with E-state index in [1.54, 1.807) is 21.3 Å². The minimum absolute atomic E-state index is 0.193. The molecule has 0 amide bonds. The van der Waals surface area contributed by atoms with E-state index in [0.717, 1.165) is 62.0 Å². The normalized spacial score (nSPS) is 17.5. The van der Waals surface area contributed by atoms with Gasteiger partial charge in [0.25, 0.3) is 0 Å². The van der Waals surface area contributed by atoms with Crippen molar-refractivity contribution in [2.24, 2.45) is 0 Å². The van der Waals surface area contributed by atoms with Gasteiger partial charge in [0.05, 0.1) is 21.3 Å². The molecule has 1 atom stereocenters. The third-order valence-corrected chi connectivity index (χ3v) is 6.47. The Bertz CT molecular complexity index is 871. The zero-order valence-electron chi connectivity index (χ0n) is 19.5. The SMILES string of the molecule is COc1ccc(CN2CCN(Cc3cccc(OC)c3OC)C[C@H]2CCO)c(C)c1C. The Hall–Kier alpha value is -2.28. The molecule has 0 radical (unpaired) electrons. The van der Waals surface area contributed by atoms with Gasteiger partial charge in [0.2, 0.25) is 0 Å². The number of benzene rings is 2. The van der Waals surface area contributed by atoms with E-state index < -0.39 is 0 Å². The quantitative estimate of drug-likeness (QED) is 0.661. The highest BCUT2D eigenvalue weighted by atomic mass is 16.5. The maximum atomic E-state index is 9.70. The molecule has 2 aromatic rings. The summed E-state index contributed by atoms with van der Waals surface area (Å²) >= 11 is 0. The Morgan fingerprint density at radius 1 is 0.871 bits per heavy atom. The van der Waals surface area contributed by atoms with Crippen LogP contribution in [0.1, 0.15) is 28.7 Å². The van der Waals surface area contributed by atoms with E-state index in [2.05, 4.69) is 41.8 Å². The smallest absolute Gasteiger partial charge is 0.165 e. The third-order valence-electron chi connectivity index (χ3n) is 6.47. The molecule has 0 aliphatic carbocycles. The largest absolute Gasteiger partial charge is 0.496 e. The molecule has 0 bridgehead atoms. The summed E-state index contributed by atoms with van der Waals surface area (Å²) in [7, 11) is 5.07. The number of aliphatic hydroxyl groups excluding tert-OH is 1. The van der Waals surface area contributed by atoms with Crippen LogP contribution in [-0.4, -0.2) is 68.5 Å². The van der Waals surface area contributed by atoms with Crippen molar-refractivity contribution in [1.29, 1.82) is 0 Å². The van der Waals surface area contributed by atoms with Crippen molar-refractivity contribution in [3.05, 3.63) is 52.6 Å². The Balaban J connectivity index is 1.72. The molecule has 1 aliphatic heterocycles. The second-order valence-corrected chi connectivity index (χ2v) is 8.20. The van der Waals surface area contributed by atoms with E-state index >= 15 is 0 Å². The Kier molecular flexibility index (Phi) is 8.18. The average Bonchev–Trinajstić information content (AvgIpc) is 2.78. The van der Waals surface area contributed by atoms with E-state index in [0.29, 0.717) is 6.04 Å². The first-order valence-electron chi connectivity index (χ1n) is 10.9. The summed E-state index contributed by atoms with van der Waals surface area (Å²) < 4.78 is 16.5. The number of nitrogens with zero attached hydrogens (tertiary/aromatic N) is 2. The second kappa shape index (κ2) is 10.8. The molecule has 0 unspecified atom stereocenters. The van der Waals surface area contributed by atoms with Crippen LogP contribution < -0.4 is 14.2 Å². The lowest BCUT2D eigenvalue weighted by molar-refractivity contribution is 0.0494. The van der Waals surface area contributed by atoms with Crippen molar-refractivity contribution in [3.63, 3.8) is 0 Å². The molecule has 170 valence electrons. The molecule has 1 fully saturated rings. The van der Waals surface area contributed by atoms with Crippen LogP contribution in [0.4, 0.5) is 0 Å². The predicted octanol–water partition coefficient (Wildman–Crippen LogP) is 3.40. The number of ether oxygens (including phenoxy) is 3. The number of para-hydroxylation sites is 1. The van der Waals surface area contributed by atoms with E-state index in [9.17, 15) is 5.11 Å². The Morgan fingerprint density at radius 2 is 1.65 bits per heavy atom. The number of hydrogen-bond acceptors (Lipinski definition) is 6. The predicted molar refractivity (Wildman–Crippen MR) is 123 cm³/mol. The van der Waals surface area contributed by atoms with Gasteiger partial charge in [0.1, 0.15) is 5.75 Å². The van der Waals surface area contributed by atoms with Crippen molar-refractivity contribution in [1.82, 2.24) is 9.80 Å². The fraction of sp³-hybridized carbons (Fsp3) is 0.520. The number of hydrogen-bond donors (Lipinski definition) is 1. The molecule has 1 aliphatic rings. The van der Waals surface area contributed by atoms with Crippen molar-refractivity contribution in [2.45, 2.75) is 39.4 Å². The molecule has 6 nitrogen and oxygen atoms in total. The fourth-order valence-corrected chi connectivity index (χ4v) is 4.51. The fourth-order valence-electron chi connectivity index (χ4n) is 4.51. The Morgan fingerprint density at radius 3 is 2.32 bits per heavy atom. The zero-order valence-corrected chi connectivity index (χ0v) is 19.5. The topological polar surface area (TPSA) is 54.4 Å². The van der Waals surface area contributed by atoms with Crippen LogP contribution in [0.15, 0.2) is 30.3 Å².